The van der Waals surface area contributed by atoms with Crippen molar-refractivity contribution in [3.63, 3.8) is 0 Å². The molecule has 2 unspecified atom stereocenters. The maximum absolute atomic E-state index is 13.2. The highest BCUT2D eigenvalue weighted by molar-refractivity contribution is 6.03. The largest absolute Gasteiger partial charge is 0.497 e. The van der Waals surface area contributed by atoms with Gasteiger partial charge in [0.2, 0.25) is 0 Å². The van der Waals surface area contributed by atoms with E-state index in [-0.39, 0.29) is 23.0 Å². The maximum atomic E-state index is 13.2. The molecule has 0 spiro atoms. The first-order valence-electron chi connectivity index (χ1n) is 8.34. The van der Waals surface area contributed by atoms with Gasteiger partial charge in [0.15, 0.2) is 5.78 Å². The molecule has 2 aromatic rings. The van der Waals surface area contributed by atoms with Crippen molar-refractivity contribution in [2.75, 3.05) is 21.3 Å². The third-order valence-corrected chi connectivity index (χ3v) is 5.26. The summed E-state index contributed by atoms with van der Waals surface area (Å²) in [6.45, 7) is 4.27. The van der Waals surface area contributed by atoms with Crippen LogP contribution < -0.4 is 14.2 Å². The first-order chi connectivity index (χ1) is 11.9. The Balaban J connectivity index is 1.92. The molecule has 2 aromatic carbocycles. The molecule has 0 aliphatic heterocycles. The Kier molecular flexibility index (Phi) is 4.46. The van der Waals surface area contributed by atoms with Crippen molar-refractivity contribution in [1.29, 1.82) is 0 Å². The summed E-state index contributed by atoms with van der Waals surface area (Å²) in [4.78, 5) is 13.2. The van der Waals surface area contributed by atoms with Crippen LogP contribution in [-0.2, 0) is 0 Å². The number of hydrogen-bond donors (Lipinski definition) is 0. The number of carbonyl (C=O) groups excluding carboxylic acids is 1. The number of carbonyl (C=O) groups is 1. The van der Waals surface area contributed by atoms with Gasteiger partial charge in [0.25, 0.3) is 0 Å². The Morgan fingerprint density at radius 1 is 0.880 bits per heavy atom. The summed E-state index contributed by atoms with van der Waals surface area (Å²) in [6.07, 6.45) is 0. The summed E-state index contributed by atoms with van der Waals surface area (Å²) in [5, 5.41) is 0. The predicted octanol–water partition coefficient (Wildman–Crippen LogP) is 4.33. The zero-order chi connectivity index (χ0) is 18.2. The molecule has 0 amide bonds. The fraction of sp³-hybridized carbons (Fsp3) is 0.381. The Bertz CT molecular complexity index is 777. The van der Waals surface area contributed by atoms with Crippen LogP contribution in [0.3, 0.4) is 0 Å². The van der Waals surface area contributed by atoms with Gasteiger partial charge in [-0.1, -0.05) is 26.0 Å². The number of rotatable bonds is 6. The third-order valence-electron chi connectivity index (χ3n) is 5.26. The monoisotopic (exact) mass is 340 g/mol. The van der Waals surface area contributed by atoms with E-state index < -0.39 is 0 Å². The van der Waals surface area contributed by atoms with Crippen LogP contribution in [0.5, 0.6) is 17.2 Å². The fourth-order valence-corrected chi connectivity index (χ4v) is 3.73. The van der Waals surface area contributed by atoms with E-state index in [9.17, 15) is 4.79 Å². The standard InChI is InChI=1S/C21H24O4/c1-21(2)18(13-6-8-14(23-3)9-7-13)19(21)20(22)16-12-15(24-4)10-11-17(16)25-5/h6-12,18-19H,1-5H3. The Hall–Kier alpha value is -2.49. The zero-order valence-electron chi connectivity index (χ0n) is 15.3. The Labute approximate surface area is 148 Å². The van der Waals surface area contributed by atoms with Gasteiger partial charge in [0, 0.05) is 11.8 Å². The van der Waals surface area contributed by atoms with E-state index in [1.165, 1.54) is 0 Å². The lowest BCUT2D eigenvalue weighted by Crippen LogP contribution is -2.09. The van der Waals surface area contributed by atoms with Crippen molar-refractivity contribution in [1.82, 2.24) is 0 Å². The topological polar surface area (TPSA) is 44.8 Å². The highest BCUT2D eigenvalue weighted by Crippen LogP contribution is 2.65. The average molecular weight is 340 g/mol. The van der Waals surface area contributed by atoms with Gasteiger partial charge in [0.1, 0.15) is 17.2 Å². The molecule has 1 aliphatic carbocycles. The van der Waals surface area contributed by atoms with Gasteiger partial charge in [-0.15, -0.1) is 0 Å². The van der Waals surface area contributed by atoms with Crippen LogP contribution in [0, 0.1) is 11.3 Å². The Morgan fingerprint density at radius 3 is 2.04 bits per heavy atom. The fourth-order valence-electron chi connectivity index (χ4n) is 3.73. The lowest BCUT2D eigenvalue weighted by molar-refractivity contribution is 0.0948. The lowest BCUT2D eigenvalue weighted by atomic mass is 10.0. The third kappa shape index (κ3) is 2.97. The quantitative estimate of drug-likeness (QED) is 0.734. The van der Waals surface area contributed by atoms with Crippen LogP contribution >= 0.6 is 0 Å². The van der Waals surface area contributed by atoms with E-state index in [1.54, 1.807) is 39.5 Å². The van der Waals surface area contributed by atoms with Crippen molar-refractivity contribution >= 4 is 5.78 Å². The average Bonchev–Trinajstić information content (AvgIpc) is 3.22. The second kappa shape index (κ2) is 6.43. The molecule has 1 aliphatic rings. The van der Waals surface area contributed by atoms with E-state index in [0.717, 1.165) is 11.3 Å². The van der Waals surface area contributed by atoms with Crippen molar-refractivity contribution < 1.29 is 19.0 Å². The van der Waals surface area contributed by atoms with Crippen molar-refractivity contribution in [3.8, 4) is 17.2 Å². The smallest absolute Gasteiger partial charge is 0.170 e. The van der Waals surface area contributed by atoms with Crippen molar-refractivity contribution in [2.24, 2.45) is 11.3 Å². The molecule has 0 aromatic heterocycles. The van der Waals surface area contributed by atoms with Gasteiger partial charge in [-0.05, 0) is 41.3 Å². The highest BCUT2D eigenvalue weighted by atomic mass is 16.5. The van der Waals surface area contributed by atoms with Gasteiger partial charge >= 0.3 is 0 Å². The number of methoxy groups -OCH3 is 3. The van der Waals surface area contributed by atoms with Crippen molar-refractivity contribution in [3.05, 3.63) is 53.6 Å². The molecule has 2 atom stereocenters. The minimum Gasteiger partial charge on any atom is -0.497 e. The van der Waals surface area contributed by atoms with E-state index in [0.29, 0.717) is 17.1 Å². The summed E-state index contributed by atoms with van der Waals surface area (Å²) in [7, 11) is 4.83. The van der Waals surface area contributed by atoms with Crippen LogP contribution in [0.15, 0.2) is 42.5 Å². The van der Waals surface area contributed by atoms with Crippen LogP contribution in [-0.4, -0.2) is 27.1 Å². The van der Waals surface area contributed by atoms with Gasteiger partial charge in [-0.3, -0.25) is 4.79 Å². The number of benzene rings is 2. The minimum absolute atomic E-state index is 0.0816. The number of ether oxygens (including phenoxy) is 3. The summed E-state index contributed by atoms with van der Waals surface area (Å²) >= 11 is 0. The van der Waals surface area contributed by atoms with E-state index in [1.807, 2.05) is 24.3 Å². The second-order valence-corrected chi connectivity index (χ2v) is 6.98. The van der Waals surface area contributed by atoms with E-state index in [4.69, 9.17) is 14.2 Å². The van der Waals surface area contributed by atoms with Crippen LogP contribution in [0.25, 0.3) is 0 Å². The van der Waals surface area contributed by atoms with Gasteiger partial charge in [-0.25, -0.2) is 0 Å². The van der Waals surface area contributed by atoms with Gasteiger partial charge < -0.3 is 14.2 Å². The lowest BCUT2D eigenvalue weighted by Gasteiger charge is -2.10. The number of Topliss-reactive ketones (excluding diaryl/α,β-unsaturated/α-hetero) is 1. The first kappa shape index (κ1) is 17.3. The maximum Gasteiger partial charge on any atom is 0.170 e. The Morgan fingerprint density at radius 2 is 1.48 bits per heavy atom. The van der Waals surface area contributed by atoms with Gasteiger partial charge in [-0.2, -0.15) is 0 Å². The summed E-state index contributed by atoms with van der Waals surface area (Å²) in [5.74, 6) is 2.26. The van der Waals surface area contributed by atoms with E-state index in [2.05, 4.69) is 13.8 Å². The molecule has 0 heterocycles. The normalized spacial score (nSPS) is 20.7. The minimum atomic E-state index is -0.0975. The molecule has 0 radical (unpaired) electrons. The molecule has 4 nitrogen and oxygen atoms in total. The molecule has 4 heteroatoms. The second-order valence-electron chi connectivity index (χ2n) is 6.98. The predicted molar refractivity (Wildman–Crippen MR) is 96.9 cm³/mol. The molecular weight excluding hydrogens is 316 g/mol. The molecule has 0 bridgehead atoms. The molecule has 1 saturated carbocycles. The molecule has 0 N–H and O–H groups in total. The highest BCUT2D eigenvalue weighted by Gasteiger charge is 2.62. The molecule has 3 rings (SSSR count). The van der Waals surface area contributed by atoms with Crippen LogP contribution in [0.2, 0.25) is 0 Å². The SMILES string of the molecule is COc1ccc(C2C(C(=O)c3cc(OC)ccc3OC)C2(C)C)cc1. The molecule has 132 valence electrons. The van der Waals surface area contributed by atoms with Crippen LogP contribution in [0.4, 0.5) is 0 Å². The molecular formula is C21H24O4. The molecule has 1 fully saturated rings. The van der Waals surface area contributed by atoms with Gasteiger partial charge in [0.05, 0.1) is 26.9 Å². The molecule has 0 saturated heterocycles. The summed E-state index contributed by atoms with van der Waals surface area (Å²) in [6, 6.07) is 13.3. The van der Waals surface area contributed by atoms with Crippen molar-refractivity contribution in [2.45, 2.75) is 19.8 Å². The summed E-state index contributed by atoms with van der Waals surface area (Å²) in [5.41, 5.74) is 1.64. The zero-order valence-corrected chi connectivity index (χ0v) is 15.3. The van der Waals surface area contributed by atoms with Crippen LogP contribution in [0.1, 0.15) is 35.7 Å². The number of hydrogen-bond acceptors (Lipinski definition) is 4. The first-order valence-corrected chi connectivity index (χ1v) is 8.34. The van der Waals surface area contributed by atoms with E-state index >= 15 is 0 Å². The number of ketones is 1. The summed E-state index contributed by atoms with van der Waals surface area (Å²) < 4.78 is 15.9. The molecule has 25 heavy (non-hydrogen) atoms.